The summed E-state index contributed by atoms with van der Waals surface area (Å²) in [6, 6.07) is 20.5. The first-order chi connectivity index (χ1) is 15.8. The van der Waals surface area contributed by atoms with Crippen LogP contribution in [-0.4, -0.2) is 35.7 Å². The maximum Gasteiger partial charge on any atom is 0.261 e. The van der Waals surface area contributed by atoms with E-state index in [0.717, 1.165) is 5.57 Å². The van der Waals surface area contributed by atoms with Crippen molar-refractivity contribution in [2.45, 2.75) is 77.6 Å². The molecule has 0 aliphatic heterocycles. The van der Waals surface area contributed by atoms with Crippen LogP contribution in [0.15, 0.2) is 72.3 Å². The SMILES string of the molecule is CC(C)=CC(=O)C[C@H](CO[Si](c1ccccc1)(c1ccccc1)C(C)(C)C)NS(=O)C(C)(C)C. The zero-order valence-corrected chi connectivity index (χ0v) is 23.8. The fourth-order valence-corrected chi connectivity index (χ4v) is 9.49. The Morgan fingerprint density at radius 1 is 0.941 bits per heavy atom. The molecule has 4 nitrogen and oxygen atoms in total. The quantitative estimate of drug-likeness (QED) is 0.373. The largest absolute Gasteiger partial charge is 0.406 e. The average molecular weight is 500 g/mol. The summed E-state index contributed by atoms with van der Waals surface area (Å²) in [5.74, 6) is 0.00876. The van der Waals surface area contributed by atoms with Crippen LogP contribution < -0.4 is 15.1 Å². The Bertz CT molecular complexity index is 948. The lowest BCUT2D eigenvalue weighted by atomic mass is 10.1. The van der Waals surface area contributed by atoms with E-state index >= 15 is 0 Å². The van der Waals surface area contributed by atoms with Crippen LogP contribution in [0.25, 0.3) is 0 Å². The molecule has 2 rings (SSSR count). The van der Waals surface area contributed by atoms with Crippen molar-refractivity contribution in [3.05, 3.63) is 72.3 Å². The number of allylic oxidation sites excluding steroid dienone is 2. The molecule has 1 unspecified atom stereocenters. The summed E-state index contributed by atoms with van der Waals surface area (Å²) in [5.41, 5.74) is 0.952. The predicted molar refractivity (Wildman–Crippen MR) is 147 cm³/mol. The van der Waals surface area contributed by atoms with Gasteiger partial charge in [0.05, 0.1) is 22.3 Å². The number of ketones is 1. The van der Waals surface area contributed by atoms with E-state index in [1.54, 1.807) is 6.08 Å². The highest BCUT2D eigenvalue weighted by atomic mass is 32.2. The molecular weight excluding hydrogens is 458 g/mol. The number of hydrogen-bond acceptors (Lipinski definition) is 3. The summed E-state index contributed by atoms with van der Waals surface area (Å²) in [6.45, 7) is 16.6. The van der Waals surface area contributed by atoms with Crippen LogP contribution in [0.5, 0.6) is 0 Å². The highest BCUT2D eigenvalue weighted by Gasteiger charge is 2.50. The zero-order valence-electron chi connectivity index (χ0n) is 22.0. The lowest BCUT2D eigenvalue weighted by Crippen LogP contribution is -2.67. The Hall–Kier alpha value is -1.86. The Balaban J connectivity index is 2.51. The number of rotatable bonds is 10. The number of carbonyl (C=O) groups is 1. The molecule has 2 aromatic rings. The van der Waals surface area contributed by atoms with Gasteiger partial charge in [0.1, 0.15) is 0 Å². The molecule has 0 aliphatic rings. The van der Waals surface area contributed by atoms with Crippen molar-refractivity contribution in [3.8, 4) is 0 Å². The molecule has 0 aromatic heterocycles. The second-order valence-electron chi connectivity index (χ2n) is 11.1. The molecule has 2 atom stereocenters. The highest BCUT2D eigenvalue weighted by Crippen LogP contribution is 2.37. The van der Waals surface area contributed by atoms with E-state index in [9.17, 15) is 9.00 Å². The molecule has 0 aliphatic carbocycles. The van der Waals surface area contributed by atoms with E-state index < -0.39 is 24.1 Å². The highest BCUT2D eigenvalue weighted by molar-refractivity contribution is 7.84. The third-order valence-corrected chi connectivity index (χ3v) is 12.3. The summed E-state index contributed by atoms with van der Waals surface area (Å²) in [5, 5.41) is 2.19. The van der Waals surface area contributed by atoms with Gasteiger partial charge in [-0.05, 0) is 56.1 Å². The van der Waals surface area contributed by atoms with E-state index in [4.69, 9.17) is 4.43 Å². The molecule has 186 valence electrons. The summed E-state index contributed by atoms with van der Waals surface area (Å²) < 4.78 is 22.7. The molecule has 0 radical (unpaired) electrons. The van der Waals surface area contributed by atoms with Gasteiger partial charge < -0.3 is 4.43 Å². The monoisotopic (exact) mass is 499 g/mol. The molecule has 0 saturated heterocycles. The molecule has 0 heterocycles. The van der Waals surface area contributed by atoms with Gasteiger partial charge in [-0.2, -0.15) is 0 Å². The molecular formula is C28H41NO3SSi. The van der Waals surface area contributed by atoms with Crippen LogP contribution >= 0.6 is 0 Å². The summed E-state index contributed by atoms with van der Waals surface area (Å²) in [7, 11) is -4.08. The fourth-order valence-electron chi connectivity index (χ4n) is 4.07. The van der Waals surface area contributed by atoms with Gasteiger partial charge in [0.25, 0.3) is 8.32 Å². The van der Waals surface area contributed by atoms with Crippen molar-refractivity contribution in [1.29, 1.82) is 0 Å². The Morgan fingerprint density at radius 3 is 1.79 bits per heavy atom. The maximum absolute atomic E-state index is 13.0. The van der Waals surface area contributed by atoms with Crippen LogP contribution in [0.4, 0.5) is 0 Å². The molecule has 6 heteroatoms. The van der Waals surface area contributed by atoms with Gasteiger partial charge in [0.15, 0.2) is 5.78 Å². The number of benzene rings is 2. The van der Waals surface area contributed by atoms with E-state index in [0.29, 0.717) is 0 Å². The second kappa shape index (κ2) is 11.7. The van der Waals surface area contributed by atoms with Crippen LogP contribution in [-0.2, 0) is 20.2 Å². The molecule has 1 N–H and O–H groups in total. The topological polar surface area (TPSA) is 55.4 Å². The van der Waals surface area contributed by atoms with E-state index in [2.05, 4.69) is 74.0 Å². The van der Waals surface area contributed by atoms with Crippen LogP contribution in [0.3, 0.4) is 0 Å². The molecule has 0 amide bonds. The smallest absolute Gasteiger partial charge is 0.261 e. The third kappa shape index (κ3) is 7.32. The minimum absolute atomic E-state index is 0.00876. The number of hydrogen-bond donors (Lipinski definition) is 1. The van der Waals surface area contributed by atoms with Gasteiger partial charge >= 0.3 is 0 Å². The minimum Gasteiger partial charge on any atom is -0.406 e. The second-order valence-corrected chi connectivity index (χ2v) is 17.4. The van der Waals surface area contributed by atoms with E-state index in [1.165, 1.54) is 10.4 Å². The number of nitrogens with one attached hydrogen (secondary N) is 1. The molecule has 0 saturated carbocycles. The Labute approximate surface area is 209 Å². The summed E-state index contributed by atoms with van der Waals surface area (Å²) in [4.78, 5) is 12.7. The number of carbonyl (C=O) groups excluding carboxylic acids is 1. The van der Waals surface area contributed by atoms with Gasteiger partial charge in [-0.25, -0.2) is 8.93 Å². The first-order valence-electron chi connectivity index (χ1n) is 11.9. The van der Waals surface area contributed by atoms with Gasteiger partial charge in [0, 0.05) is 12.5 Å². The Kier molecular flexibility index (Phi) is 9.77. The summed E-state index contributed by atoms with van der Waals surface area (Å²) in [6.07, 6.45) is 1.88. The van der Waals surface area contributed by atoms with Gasteiger partial charge in [-0.3, -0.25) is 4.79 Å². The third-order valence-electron chi connectivity index (χ3n) is 5.64. The normalized spacial score (nSPS) is 14.4. The van der Waals surface area contributed by atoms with Crippen LogP contribution in [0.1, 0.15) is 61.8 Å². The first kappa shape index (κ1) is 28.4. The Morgan fingerprint density at radius 2 is 1.41 bits per heavy atom. The van der Waals surface area contributed by atoms with Crippen LogP contribution in [0.2, 0.25) is 5.04 Å². The van der Waals surface area contributed by atoms with Crippen molar-refractivity contribution >= 4 is 35.5 Å². The van der Waals surface area contributed by atoms with Crippen molar-refractivity contribution in [1.82, 2.24) is 4.72 Å². The van der Waals surface area contributed by atoms with Crippen LogP contribution in [0, 0.1) is 0 Å². The first-order valence-corrected chi connectivity index (χ1v) is 14.9. The molecule has 0 bridgehead atoms. The van der Waals surface area contributed by atoms with Gasteiger partial charge in [0.2, 0.25) is 0 Å². The van der Waals surface area contributed by atoms with E-state index in [-0.39, 0.29) is 29.9 Å². The summed E-state index contributed by atoms with van der Waals surface area (Å²) >= 11 is 0. The average Bonchev–Trinajstić information content (AvgIpc) is 2.73. The fraction of sp³-hybridized carbons (Fsp3) is 0.464. The van der Waals surface area contributed by atoms with Crippen molar-refractivity contribution < 1.29 is 13.4 Å². The lowest BCUT2D eigenvalue weighted by Gasteiger charge is -2.43. The zero-order chi connectivity index (χ0) is 25.6. The molecule has 34 heavy (non-hydrogen) atoms. The van der Waals surface area contributed by atoms with Crippen molar-refractivity contribution in [3.63, 3.8) is 0 Å². The standard InChI is InChI=1S/C28H41NO3SSi/c1-22(2)19-24(30)20-23(29-33(31)27(3,4)5)21-32-34(28(6,7)8,25-15-11-9-12-16-25)26-17-13-10-14-18-26/h9-19,23,29H,20-21H2,1-8H3/t23-,33?/m1/s1. The molecule has 2 aromatic carbocycles. The van der Waals surface area contributed by atoms with Gasteiger partial charge in [-0.1, -0.05) is 87.0 Å². The van der Waals surface area contributed by atoms with E-state index in [1.807, 2.05) is 46.8 Å². The van der Waals surface area contributed by atoms with Gasteiger partial charge in [-0.15, -0.1) is 0 Å². The lowest BCUT2D eigenvalue weighted by molar-refractivity contribution is -0.115. The molecule has 0 spiro atoms. The van der Waals surface area contributed by atoms with Crippen molar-refractivity contribution in [2.75, 3.05) is 6.61 Å². The molecule has 0 fully saturated rings. The maximum atomic E-state index is 13.0. The minimum atomic E-state index is -2.76. The predicted octanol–water partition coefficient (Wildman–Crippen LogP) is 4.91. The van der Waals surface area contributed by atoms with Crippen molar-refractivity contribution in [2.24, 2.45) is 0 Å².